The number of hydrogen-bond acceptors (Lipinski definition) is 2. The summed E-state index contributed by atoms with van der Waals surface area (Å²) in [6.45, 7) is 12.8. The molecule has 0 amide bonds. The van der Waals surface area contributed by atoms with Gasteiger partial charge in [-0.1, -0.05) is 26.0 Å². The minimum absolute atomic E-state index is 0.101. The van der Waals surface area contributed by atoms with E-state index in [9.17, 15) is 13.0 Å². The molecule has 2 rings (SSSR count). The summed E-state index contributed by atoms with van der Waals surface area (Å²) in [5.74, 6) is 3.05. The molecule has 1 atom stereocenters. The molecule has 2 aromatic rings. The van der Waals surface area contributed by atoms with Gasteiger partial charge in [0.15, 0.2) is 0 Å². The Balaban J connectivity index is 0.000000519. The highest BCUT2D eigenvalue weighted by Gasteiger charge is 2.13. The topological polar surface area (TPSA) is 55.1 Å². The molecule has 0 spiro atoms. The van der Waals surface area contributed by atoms with Gasteiger partial charge in [-0.2, -0.15) is 0 Å². The molecule has 0 aliphatic heterocycles. The molecule has 0 bridgehead atoms. The Morgan fingerprint density at radius 3 is 2.07 bits per heavy atom. The predicted molar refractivity (Wildman–Crippen MR) is 117 cm³/mol. The number of halogens is 2. The molecule has 2 aromatic carbocycles. The normalized spacial score (nSPS) is 12.2. The van der Waals surface area contributed by atoms with E-state index in [1.54, 1.807) is 38.1 Å². The third-order valence-corrected chi connectivity index (χ3v) is 5.87. The van der Waals surface area contributed by atoms with Gasteiger partial charge in [0.05, 0.1) is 11.4 Å². The summed E-state index contributed by atoms with van der Waals surface area (Å²) < 4.78 is 41.0. The SMILES string of the molecule is C=S(=O)(Nc1ccc(C)c(F)c1C)C(C)C.CC.Cc1ccc(N)c(F)c1. The molecule has 0 radical (unpaired) electrons. The van der Waals surface area contributed by atoms with Crippen LogP contribution in [0.25, 0.3) is 0 Å². The van der Waals surface area contributed by atoms with Crippen molar-refractivity contribution in [3.05, 3.63) is 58.7 Å². The largest absolute Gasteiger partial charge is 0.396 e. The molecule has 0 fully saturated rings. The molecule has 0 aromatic heterocycles. The van der Waals surface area contributed by atoms with E-state index in [1.807, 2.05) is 34.6 Å². The molecule has 0 saturated heterocycles. The Morgan fingerprint density at radius 1 is 1.07 bits per heavy atom. The van der Waals surface area contributed by atoms with E-state index in [0.717, 1.165) is 5.56 Å². The van der Waals surface area contributed by atoms with Crippen LogP contribution in [0.4, 0.5) is 20.2 Å². The lowest BCUT2D eigenvalue weighted by atomic mass is 10.1. The highest BCUT2D eigenvalue weighted by Crippen LogP contribution is 2.22. The minimum Gasteiger partial charge on any atom is -0.396 e. The van der Waals surface area contributed by atoms with E-state index in [4.69, 9.17) is 5.73 Å². The molecule has 1 unspecified atom stereocenters. The zero-order valence-corrected chi connectivity index (χ0v) is 18.1. The van der Waals surface area contributed by atoms with Crippen LogP contribution < -0.4 is 10.5 Å². The van der Waals surface area contributed by atoms with Crippen molar-refractivity contribution >= 4 is 27.0 Å². The van der Waals surface area contributed by atoms with Crippen molar-refractivity contribution in [1.29, 1.82) is 0 Å². The number of aryl methyl sites for hydroxylation is 2. The number of nitrogens with one attached hydrogen (secondary N) is 1. The fourth-order valence-corrected chi connectivity index (χ4v) is 2.70. The molecule has 0 saturated carbocycles. The Kier molecular flexibility index (Phi) is 10.1. The quantitative estimate of drug-likeness (QED) is 0.519. The van der Waals surface area contributed by atoms with E-state index >= 15 is 0 Å². The maximum absolute atomic E-state index is 13.6. The van der Waals surface area contributed by atoms with Crippen LogP contribution >= 0.6 is 0 Å². The molecule has 0 heterocycles. The Labute approximate surface area is 163 Å². The first-order valence-corrected chi connectivity index (χ1v) is 10.7. The summed E-state index contributed by atoms with van der Waals surface area (Å²) in [4.78, 5) is 0. The summed E-state index contributed by atoms with van der Waals surface area (Å²) in [5, 5.41) is -0.101. The van der Waals surface area contributed by atoms with Gasteiger partial charge < -0.3 is 10.5 Å². The summed E-state index contributed by atoms with van der Waals surface area (Å²) in [6.07, 6.45) is 0. The monoisotopic (exact) mass is 398 g/mol. The van der Waals surface area contributed by atoms with E-state index in [1.165, 1.54) is 6.07 Å². The second-order valence-electron chi connectivity index (χ2n) is 6.27. The summed E-state index contributed by atoms with van der Waals surface area (Å²) in [5.41, 5.74) is 7.94. The lowest BCUT2D eigenvalue weighted by Gasteiger charge is -2.18. The molecule has 3 N–H and O–H groups in total. The van der Waals surface area contributed by atoms with E-state index in [0.29, 0.717) is 16.8 Å². The van der Waals surface area contributed by atoms with Crippen LogP contribution in [0.15, 0.2) is 30.3 Å². The zero-order valence-electron chi connectivity index (χ0n) is 17.3. The second-order valence-corrected chi connectivity index (χ2v) is 8.87. The zero-order chi connectivity index (χ0) is 21.4. The molecule has 27 heavy (non-hydrogen) atoms. The molecule has 152 valence electrons. The number of nitrogen functional groups attached to an aromatic ring is 1. The van der Waals surface area contributed by atoms with Gasteiger partial charge in [0.2, 0.25) is 0 Å². The van der Waals surface area contributed by atoms with Crippen molar-refractivity contribution in [2.45, 2.75) is 53.7 Å². The number of nitrogens with two attached hydrogens (primary N) is 1. The summed E-state index contributed by atoms with van der Waals surface area (Å²) in [7, 11) is -2.42. The fraction of sp³-hybridized carbons (Fsp3) is 0.381. The highest BCUT2D eigenvalue weighted by atomic mass is 32.2. The molecule has 3 nitrogen and oxygen atoms in total. The van der Waals surface area contributed by atoms with Crippen molar-refractivity contribution in [2.24, 2.45) is 0 Å². The standard InChI is InChI=1S/C12H18FNOS.C7H8FN.C2H6/c1-8(2)16(5,15)14-11-7-6-9(3)12(13)10(11)4;1-5-2-3-7(9)6(8)4-5;1-2/h6-8H,5H2,1-4H3,(H,14,15);2-4H,9H2,1H3;1-2H3. The van der Waals surface area contributed by atoms with Crippen molar-refractivity contribution in [1.82, 2.24) is 0 Å². The first-order chi connectivity index (χ1) is 12.5. The summed E-state index contributed by atoms with van der Waals surface area (Å²) in [6, 6.07) is 8.15. The first-order valence-electron chi connectivity index (χ1n) is 8.87. The predicted octanol–water partition coefficient (Wildman–Crippen LogP) is 5.64. The highest BCUT2D eigenvalue weighted by molar-refractivity contribution is 8.02. The summed E-state index contributed by atoms with van der Waals surface area (Å²) >= 11 is 0. The van der Waals surface area contributed by atoms with Crippen molar-refractivity contribution in [2.75, 3.05) is 10.5 Å². The minimum atomic E-state index is -2.42. The van der Waals surface area contributed by atoms with Gasteiger partial charge in [-0.3, -0.25) is 0 Å². The van der Waals surface area contributed by atoms with Crippen LogP contribution in [0.5, 0.6) is 0 Å². The van der Waals surface area contributed by atoms with Gasteiger partial charge in [-0.05, 0) is 69.8 Å². The Morgan fingerprint density at radius 2 is 1.63 bits per heavy atom. The maximum atomic E-state index is 13.6. The molecular formula is C21H32F2N2OS. The van der Waals surface area contributed by atoms with Crippen LogP contribution in [0.2, 0.25) is 0 Å². The molecular weight excluding hydrogens is 366 g/mol. The molecule has 6 heteroatoms. The number of benzene rings is 2. The lowest BCUT2D eigenvalue weighted by molar-refractivity contribution is 0.610. The van der Waals surface area contributed by atoms with E-state index in [-0.39, 0.29) is 22.6 Å². The average Bonchev–Trinajstić information content (AvgIpc) is 2.61. The molecule has 0 aliphatic rings. The van der Waals surface area contributed by atoms with Crippen molar-refractivity contribution in [3.8, 4) is 0 Å². The first kappa shape index (κ1) is 24.9. The third-order valence-electron chi connectivity index (χ3n) is 3.78. The van der Waals surface area contributed by atoms with E-state index < -0.39 is 9.71 Å². The van der Waals surface area contributed by atoms with Gasteiger partial charge in [0, 0.05) is 20.5 Å². The maximum Gasteiger partial charge on any atom is 0.146 e. The van der Waals surface area contributed by atoms with Crippen LogP contribution in [0.3, 0.4) is 0 Å². The molecule has 0 aliphatic carbocycles. The fourth-order valence-electron chi connectivity index (χ4n) is 1.87. The van der Waals surface area contributed by atoms with Gasteiger partial charge in [0.25, 0.3) is 0 Å². The smallest absolute Gasteiger partial charge is 0.146 e. The van der Waals surface area contributed by atoms with Crippen LogP contribution in [-0.4, -0.2) is 15.3 Å². The van der Waals surface area contributed by atoms with Gasteiger partial charge in [-0.25, -0.2) is 13.0 Å². The number of hydrogen-bond donors (Lipinski definition) is 2. The number of rotatable bonds is 3. The third kappa shape index (κ3) is 7.59. The van der Waals surface area contributed by atoms with Crippen molar-refractivity contribution < 1.29 is 13.0 Å². The van der Waals surface area contributed by atoms with Crippen LogP contribution in [0, 0.1) is 32.4 Å². The van der Waals surface area contributed by atoms with Crippen molar-refractivity contribution in [3.63, 3.8) is 0 Å². The Hall–Kier alpha value is -2.08. The van der Waals surface area contributed by atoms with Crippen LogP contribution in [-0.2, 0) is 9.71 Å². The van der Waals surface area contributed by atoms with Gasteiger partial charge in [-0.15, -0.1) is 0 Å². The van der Waals surface area contributed by atoms with E-state index in [2.05, 4.69) is 10.6 Å². The lowest BCUT2D eigenvalue weighted by Crippen LogP contribution is -2.22. The Bertz CT molecular complexity index is 848. The van der Waals surface area contributed by atoms with Crippen LogP contribution in [0.1, 0.15) is 44.4 Å². The second kappa shape index (κ2) is 10.9. The van der Waals surface area contributed by atoms with Gasteiger partial charge in [0.1, 0.15) is 11.6 Å². The van der Waals surface area contributed by atoms with Gasteiger partial charge >= 0.3 is 0 Å². The number of anilines is 2. The average molecular weight is 399 g/mol.